The van der Waals surface area contributed by atoms with Crippen molar-refractivity contribution < 1.29 is 13.9 Å². The minimum atomic E-state index is -0.411. The molecule has 1 aromatic carbocycles. The van der Waals surface area contributed by atoms with Crippen LogP contribution in [0.3, 0.4) is 0 Å². The van der Waals surface area contributed by atoms with E-state index in [1.807, 2.05) is 32.1 Å². The van der Waals surface area contributed by atoms with E-state index in [1.165, 1.54) is 0 Å². The smallest absolute Gasteiger partial charge is 0.181 e. The first-order chi connectivity index (χ1) is 16.6. The average Bonchev–Trinajstić information content (AvgIpc) is 3.45. The summed E-state index contributed by atoms with van der Waals surface area (Å²) in [7, 11) is 0. The van der Waals surface area contributed by atoms with Crippen LogP contribution in [0.1, 0.15) is 18.3 Å². The van der Waals surface area contributed by atoms with E-state index in [1.54, 1.807) is 24.3 Å². The molecule has 0 atom stereocenters. The number of anilines is 1. The predicted octanol–water partition coefficient (Wildman–Crippen LogP) is 4.09. The molecular weight excluding hydrogens is 437 g/mol. The highest BCUT2D eigenvalue weighted by Gasteiger charge is 2.16. The molecule has 1 fully saturated rings. The van der Waals surface area contributed by atoms with Crippen molar-refractivity contribution in [2.75, 3.05) is 38.4 Å². The number of fused-ring (bicyclic) bond motifs is 1. The molecule has 0 unspecified atom stereocenters. The molecule has 2 aromatic heterocycles. The van der Waals surface area contributed by atoms with E-state index in [4.69, 9.17) is 9.47 Å². The number of nitrogens with zero attached hydrogens (tertiary/aromatic N) is 4. The molecule has 0 spiro atoms. The van der Waals surface area contributed by atoms with Gasteiger partial charge in [0.05, 0.1) is 18.9 Å². The molecule has 0 bridgehead atoms. The fourth-order valence-electron chi connectivity index (χ4n) is 3.64. The Kier molecular flexibility index (Phi) is 7.38. The van der Waals surface area contributed by atoms with Gasteiger partial charge in [0, 0.05) is 41.8 Å². The maximum absolute atomic E-state index is 14.8. The minimum absolute atomic E-state index is 0.0622. The number of aryl methyl sites for hydroxylation is 1. The topological polar surface area (TPSA) is 103 Å². The number of halogens is 1. The van der Waals surface area contributed by atoms with E-state index in [0.717, 1.165) is 16.9 Å². The number of aromatic nitrogens is 3. The lowest BCUT2D eigenvalue weighted by molar-refractivity contribution is 0.0681. The third-order valence-electron chi connectivity index (χ3n) is 5.25. The lowest BCUT2D eigenvalue weighted by atomic mass is 10.2. The normalized spacial score (nSPS) is 15.3. The number of H-pyrrole nitrogens is 2. The molecule has 3 N–H and O–H groups in total. The van der Waals surface area contributed by atoms with E-state index < -0.39 is 5.82 Å². The van der Waals surface area contributed by atoms with Crippen molar-refractivity contribution >= 4 is 35.3 Å². The van der Waals surface area contributed by atoms with Crippen molar-refractivity contribution in [2.24, 2.45) is 9.98 Å². The Morgan fingerprint density at radius 3 is 2.94 bits per heavy atom. The number of benzene rings is 1. The SMILES string of the molecule is C=N/C(=C\C(=N/COc1ccc2[nH]c(C)cc2c1F)N1CCOCC1)Nc1cc(/C=C\C)[nH]n1. The van der Waals surface area contributed by atoms with Gasteiger partial charge in [-0.3, -0.25) is 5.10 Å². The Morgan fingerprint density at radius 2 is 2.18 bits per heavy atom. The third kappa shape index (κ3) is 5.52. The number of amidine groups is 1. The Labute approximate surface area is 197 Å². The second kappa shape index (κ2) is 10.8. The van der Waals surface area contributed by atoms with Crippen molar-refractivity contribution in [1.82, 2.24) is 20.1 Å². The van der Waals surface area contributed by atoms with Gasteiger partial charge in [-0.25, -0.2) is 14.4 Å². The molecule has 34 heavy (non-hydrogen) atoms. The Balaban J connectivity index is 1.53. The van der Waals surface area contributed by atoms with Gasteiger partial charge in [0.15, 0.2) is 24.1 Å². The van der Waals surface area contributed by atoms with Crippen LogP contribution in [0.15, 0.2) is 52.2 Å². The fourth-order valence-corrected chi connectivity index (χ4v) is 3.64. The highest BCUT2D eigenvalue weighted by Crippen LogP contribution is 2.27. The van der Waals surface area contributed by atoms with E-state index >= 15 is 0 Å². The van der Waals surface area contributed by atoms with Crippen molar-refractivity contribution in [1.29, 1.82) is 0 Å². The number of nitrogens with one attached hydrogen (secondary N) is 3. The Morgan fingerprint density at radius 1 is 1.35 bits per heavy atom. The van der Waals surface area contributed by atoms with Crippen molar-refractivity contribution in [2.45, 2.75) is 13.8 Å². The van der Waals surface area contributed by atoms with Crippen LogP contribution in [0.25, 0.3) is 17.0 Å². The summed E-state index contributed by atoms with van der Waals surface area (Å²) in [5, 5.41) is 10.8. The molecule has 0 radical (unpaired) electrons. The number of hydrogen-bond acceptors (Lipinski definition) is 6. The van der Waals surface area contributed by atoms with Gasteiger partial charge < -0.3 is 24.7 Å². The molecule has 1 aliphatic heterocycles. The maximum Gasteiger partial charge on any atom is 0.181 e. The summed E-state index contributed by atoms with van der Waals surface area (Å²) in [6.07, 6.45) is 5.59. The van der Waals surface area contributed by atoms with Crippen LogP contribution >= 0.6 is 0 Å². The summed E-state index contributed by atoms with van der Waals surface area (Å²) in [5.41, 5.74) is 2.47. The summed E-state index contributed by atoms with van der Waals surface area (Å²) in [5.74, 6) is 1.43. The van der Waals surface area contributed by atoms with Crippen molar-refractivity contribution in [3.63, 3.8) is 0 Å². The van der Waals surface area contributed by atoms with E-state index in [9.17, 15) is 4.39 Å². The number of allylic oxidation sites excluding steroid dienone is 1. The Bertz CT molecular complexity index is 1240. The Hall–Kier alpha value is -3.92. The zero-order valence-corrected chi connectivity index (χ0v) is 19.3. The van der Waals surface area contributed by atoms with Crippen LogP contribution in [0.5, 0.6) is 5.75 Å². The number of aromatic amines is 2. The largest absolute Gasteiger partial charge is 0.468 e. The average molecular weight is 466 g/mol. The third-order valence-corrected chi connectivity index (χ3v) is 5.25. The van der Waals surface area contributed by atoms with Gasteiger partial charge in [0.2, 0.25) is 0 Å². The van der Waals surface area contributed by atoms with E-state index in [0.29, 0.717) is 49.2 Å². The van der Waals surface area contributed by atoms with Crippen LogP contribution in [-0.4, -0.2) is 65.7 Å². The van der Waals surface area contributed by atoms with Crippen LogP contribution in [0.4, 0.5) is 10.2 Å². The van der Waals surface area contributed by atoms with Gasteiger partial charge in [0.25, 0.3) is 0 Å². The summed E-state index contributed by atoms with van der Waals surface area (Å²) in [6.45, 7) is 9.90. The first kappa shape index (κ1) is 23.2. The second-order valence-corrected chi connectivity index (χ2v) is 7.70. The van der Waals surface area contributed by atoms with E-state index in [-0.39, 0.29) is 12.5 Å². The molecule has 9 nitrogen and oxygen atoms in total. The fraction of sp³-hybridized carbons (Fsp3) is 0.292. The van der Waals surface area contributed by atoms with Gasteiger partial charge in [-0.1, -0.05) is 6.08 Å². The van der Waals surface area contributed by atoms with Gasteiger partial charge in [0.1, 0.15) is 11.7 Å². The van der Waals surface area contributed by atoms with Crippen molar-refractivity contribution in [3.05, 3.63) is 59.4 Å². The molecule has 178 valence electrons. The summed E-state index contributed by atoms with van der Waals surface area (Å²) >= 11 is 0. The number of hydrogen-bond donors (Lipinski definition) is 3. The van der Waals surface area contributed by atoms with Gasteiger partial charge in [-0.2, -0.15) is 5.10 Å². The molecule has 0 aliphatic carbocycles. The second-order valence-electron chi connectivity index (χ2n) is 7.70. The van der Waals surface area contributed by atoms with Crippen molar-refractivity contribution in [3.8, 4) is 5.75 Å². The highest BCUT2D eigenvalue weighted by molar-refractivity contribution is 5.94. The first-order valence-electron chi connectivity index (χ1n) is 11.0. The molecule has 10 heteroatoms. The summed E-state index contributed by atoms with van der Waals surface area (Å²) in [4.78, 5) is 13.8. The minimum Gasteiger partial charge on any atom is -0.468 e. The first-order valence-corrected chi connectivity index (χ1v) is 11.0. The number of morpholine rings is 1. The van der Waals surface area contributed by atoms with Crippen LogP contribution in [-0.2, 0) is 4.74 Å². The summed E-state index contributed by atoms with van der Waals surface area (Å²) in [6, 6.07) is 7.01. The summed E-state index contributed by atoms with van der Waals surface area (Å²) < 4.78 is 26.0. The maximum atomic E-state index is 14.8. The monoisotopic (exact) mass is 465 g/mol. The molecular formula is C24H28FN7O2. The number of ether oxygens (including phenoxy) is 2. The lowest BCUT2D eigenvalue weighted by Gasteiger charge is -2.28. The number of aliphatic imine (C=N–C) groups is 2. The molecule has 0 amide bonds. The zero-order valence-electron chi connectivity index (χ0n) is 19.3. The van der Waals surface area contributed by atoms with Crippen LogP contribution in [0.2, 0.25) is 0 Å². The zero-order chi connectivity index (χ0) is 23.9. The molecule has 3 heterocycles. The molecule has 3 aromatic rings. The van der Waals surface area contributed by atoms with E-state index in [2.05, 4.69) is 42.1 Å². The van der Waals surface area contributed by atoms with Gasteiger partial charge in [-0.05, 0) is 44.8 Å². The quantitative estimate of drug-likeness (QED) is 0.343. The van der Waals surface area contributed by atoms with Gasteiger partial charge in [-0.15, -0.1) is 0 Å². The van der Waals surface area contributed by atoms with Crippen LogP contribution in [0, 0.1) is 12.7 Å². The standard InChI is InChI=1S/C24H28FN7O2/c1-4-5-17-13-22(31-30-17)29-21(26-3)14-23(32-8-10-33-11-9-32)27-15-34-20-7-6-19-18(24(20)25)12-16(2)28-19/h4-7,12-14,28H,3,8-11,15H2,1-2H3,(H2,29,30,31)/b5-4-,21-14+,27-23+. The van der Waals surface area contributed by atoms with Crippen LogP contribution < -0.4 is 10.1 Å². The lowest BCUT2D eigenvalue weighted by Crippen LogP contribution is -2.40. The molecule has 4 rings (SSSR count). The number of rotatable bonds is 8. The van der Waals surface area contributed by atoms with Gasteiger partial charge >= 0.3 is 0 Å². The predicted molar refractivity (Wildman–Crippen MR) is 133 cm³/mol. The molecule has 1 aliphatic rings. The molecule has 1 saturated heterocycles. The highest BCUT2D eigenvalue weighted by atomic mass is 19.1. The molecule has 0 saturated carbocycles.